The number of nitrogens with one attached hydrogen (secondary N) is 1. The van der Waals surface area contributed by atoms with E-state index in [-0.39, 0.29) is 30.9 Å². The van der Waals surface area contributed by atoms with Gasteiger partial charge in [-0.15, -0.1) is 0 Å². The van der Waals surface area contributed by atoms with Crippen LogP contribution in [0.2, 0.25) is 0 Å². The predicted molar refractivity (Wildman–Crippen MR) is 111 cm³/mol. The van der Waals surface area contributed by atoms with Crippen LogP contribution in [-0.4, -0.2) is 65.8 Å². The highest BCUT2D eigenvalue weighted by atomic mass is 16.5. The minimum atomic E-state index is -0.697. The minimum absolute atomic E-state index is 0.120. The van der Waals surface area contributed by atoms with Gasteiger partial charge in [0.1, 0.15) is 12.1 Å². The Morgan fingerprint density at radius 1 is 1.07 bits per heavy atom. The molecule has 2 aromatic rings. The summed E-state index contributed by atoms with van der Waals surface area (Å²) >= 11 is 0. The van der Waals surface area contributed by atoms with Crippen molar-refractivity contribution >= 4 is 17.7 Å². The molecule has 0 saturated carbocycles. The second-order valence-electron chi connectivity index (χ2n) is 7.73. The first-order valence-electron chi connectivity index (χ1n) is 10.1. The van der Waals surface area contributed by atoms with E-state index in [1.807, 2.05) is 49.4 Å². The number of aryl methyl sites for hydroxylation is 1. The zero-order valence-corrected chi connectivity index (χ0v) is 16.9. The molecule has 0 spiro atoms. The van der Waals surface area contributed by atoms with Crippen LogP contribution in [0.4, 0.5) is 0 Å². The van der Waals surface area contributed by atoms with Gasteiger partial charge in [0, 0.05) is 18.7 Å². The van der Waals surface area contributed by atoms with Crippen molar-refractivity contribution in [1.82, 2.24) is 15.1 Å². The molecule has 0 radical (unpaired) electrons. The summed E-state index contributed by atoms with van der Waals surface area (Å²) in [5.41, 5.74) is 2.67. The Hall–Kier alpha value is -3.19. The molecule has 0 aromatic heterocycles. The van der Waals surface area contributed by atoms with Crippen molar-refractivity contribution in [2.45, 2.75) is 25.6 Å². The highest BCUT2D eigenvalue weighted by Crippen LogP contribution is 2.19. The molecule has 4 rings (SSSR count). The van der Waals surface area contributed by atoms with Crippen LogP contribution in [0.1, 0.15) is 21.5 Å². The third-order valence-electron chi connectivity index (χ3n) is 5.56. The summed E-state index contributed by atoms with van der Waals surface area (Å²) in [6.07, 6.45) is 0. The van der Waals surface area contributed by atoms with E-state index in [2.05, 4.69) is 5.32 Å². The van der Waals surface area contributed by atoms with Crippen LogP contribution >= 0.6 is 0 Å². The predicted octanol–water partition coefficient (Wildman–Crippen LogP) is 1.36. The molecular formula is C23H25N3O4. The molecule has 0 aliphatic carbocycles. The molecule has 30 heavy (non-hydrogen) atoms. The summed E-state index contributed by atoms with van der Waals surface area (Å²) in [5.74, 6) is -0.525. The van der Waals surface area contributed by atoms with E-state index < -0.39 is 12.1 Å². The number of hydrogen-bond donors (Lipinski definition) is 1. The lowest BCUT2D eigenvalue weighted by Crippen LogP contribution is -2.70. The number of carbonyl (C=O) groups is 3. The zero-order valence-electron chi connectivity index (χ0n) is 16.9. The number of nitrogens with zero attached hydrogens (tertiary/aromatic N) is 2. The molecule has 2 atom stereocenters. The highest BCUT2D eigenvalue weighted by Gasteiger charge is 2.44. The Morgan fingerprint density at radius 2 is 1.80 bits per heavy atom. The highest BCUT2D eigenvalue weighted by molar-refractivity contribution is 5.99. The quantitative estimate of drug-likeness (QED) is 0.812. The number of piperazine rings is 2. The van der Waals surface area contributed by atoms with Crippen LogP contribution in [0.25, 0.3) is 0 Å². The van der Waals surface area contributed by atoms with Gasteiger partial charge in [-0.05, 0) is 24.6 Å². The van der Waals surface area contributed by atoms with Gasteiger partial charge in [-0.3, -0.25) is 14.4 Å². The van der Waals surface area contributed by atoms with E-state index in [0.29, 0.717) is 25.3 Å². The van der Waals surface area contributed by atoms with Crippen LogP contribution < -0.4 is 5.32 Å². The molecule has 156 valence electrons. The summed E-state index contributed by atoms with van der Waals surface area (Å²) < 4.78 is 5.66. The molecule has 2 saturated heterocycles. The van der Waals surface area contributed by atoms with Crippen LogP contribution in [0.15, 0.2) is 54.6 Å². The second kappa shape index (κ2) is 8.67. The molecule has 0 bridgehead atoms. The van der Waals surface area contributed by atoms with E-state index >= 15 is 0 Å². The van der Waals surface area contributed by atoms with Gasteiger partial charge in [0.25, 0.3) is 5.91 Å². The number of amides is 3. The summed E-state index contributed by atoms with van der Waals surface area (Å²) in [6, 6.07) is 15.7. The smallest absolute Gasteiger partial charge is 0.253 e. The van der Waals surface area contributed by atoms with Crippen molar-refractivity contribution in [3.8, 4) is 0 Å². The van der Waals surface area contributed by atoms with Gasteiger partial charge < -0.3 is 19.9 Å². The molecule has 7 heteroatoms. The molecule has 7 nitrogen and oxygen atoms in total. The first kappa shape index (κ1) is 20.1. The average molecular weight is 407 g/mol. The molecular weight excluding hydrogens is 382 g/mol. The molecule has 2 fully saturated rings. The molecule has 2 aliphatic rings. The Labute approximate surface area is 175 Å². The number of benzene rings is 2. The number of ether oxygens (including phenoxy) is 1. The van der Waals surface area contributed by atoms with E-state index in [1.165, 1.54) is 0 Å². The fourth-order valence-electron chi connectivity index (χ4n) is 3.85. The first-order valence-corrected chi connectivity index (χ1v) is 10.1. The van der Waals surface area contributed by atoms with Gasteiger partial charge in [-0.1, -0.05) is 48.0 Å². The first-order chi connectivity index (χ1) is 14.5. The Kier molecular flexibility index (Phi) is 5.81. The third-order valence-corrected chi connectivity index (χ3v) is 5.56. The molecule has 2 aliphatic heterocycles. The Bertz CT molecular complexity index is 929. The van der Waals surface area contributed by atoms with Crippen LogP contribution in [0, 0.1) is 6.92 Å². The van der Waals surface area contributed by atoms with E-state index in [1.54, 1.807) is 21.9 Å². The molecule has 3 amide bonds. The SMILES string of the molecule is Cc1ccc(C(=O)N2CCN3C(=O)[C@H](COCc4ccccc4)NC(=O)[C@H]3C2)cc1. The maximum Gasteiger partial charge on any atom is 0.253 e. The standard InChI is InChI=1S/C23H25N3O4/c1-16-7-9-18(10-8-16)22(28)25-11-12-26-20(13-25)21(27)24-19(23(26)29)15-30-14-17-5-3-2-4-6-17/h2-10,19-20H,11-15H2,1H3,(H,24,27)/t19-,20+/m0/s1. The van der Waals surface area contributed by atoms with Crippen molar-refractivity contribution in [2.24, 2.45) is 0 Å². The zero-order chi connectivity index (χ0) is 21.1. The summed E-state index contributed by atoms with van der Waals surface area (Å²) in [4.78, 5) is 41.5. The summed E-state index contributed by atoms with van der Waals surface area (Å²) in [6.45, 7) is 3.40. The van der Waals surface area contributed by atoms with E-state index in [0.717, 1.165) is 11.1 Å². The third kappa shape index (κ3) is 4.21. The van der Waals surface area contributed by atoms with Crippen LogP contribution in [-0.2, 0) is 20.9 Å². The monoisotopic (exact) mass is 407 g/mol. The summed E-state index contributed by atoms with van der Waals surface area (Å²) in [7, 11) is 0. The minimum Gasteiger partial charge on any atom is -0.374 e. The summed E-state index contributed by atoms with van der Waals surface area (Å²) in [5, 5.41) is 2.77. The van der Waals surface area contributed by atoms with Gasteiger partial charge in [0.05, 0.1) is 19.8 Å². The largest absolute Gasteiger partial charge is 0.374 e. The van der Waals surface area contributed by atoms with Crippen molar-refractivity contribution in [3.63, 3.8) is 0 Å². The fourth-order valence-corrected chi connectivity index (χ4v) is 3.85. The number of rotatable bonds is 5. The van der Waals surface area contributed by atoms with Gasteiger partial charge in [-0.25, -0.2) is 0 Å². The molecule has 0 unspecified atom stereocenters. The van der Waals surface area contributed by atoms with Gasteiger partial charge >= 0.3 is 0 Å². The van der Waals surface area contributed by atoms with Crippen molar-refractivity contribution < 1.29 is 19.1 Å². The van der Waals surface area contributed by atoms with Crippen molar-refractivity contribution in [2.75, 3.05) is 26.2 Å². The topological polar surface area (TPSA) is 79.0 Å². The lowest BCUT2D eigenvalue weighted by atomic mass is 10.0. The maximum absolute atomic E-state index is 12.9. The fraction of sp³-hybridized carbons (Fsp3) is 0.348. The lowest BCUT2D eigenvalue weighted by Gasteiger charge is -2.45. The number of hydrogen-bond acceptors (Lipinski definition) is 4. The van der Waals surface area contributed by atoms with Gasteiger partial charge in [0.15, 0.2) is 0 Å². The van der Waals surface area contributed by atoms with Crippen LogP contribution in [0.3, 0.4) is 0 Å². The van der Waals surface area contributed by atoms with Crippen molar-refractivity contribution in [3.05, 3.63) is 71.3 Å². The van der Waals surface area contributed by atoms with Gasteiger partial charge in [-0.2, -0.15) is 0 Å². The number of carbonyl (C=O) groups excluding carboxylic acids is 3. The molecule has 2 heterocycles. The average Bonchev–Trinajstić information content (AvgIpc) is 2.77. The molecule has 1 N–H and O–H groups in total. The second-order valence-corrected chi connectivity index (χ2v) is 7.73. The van der Waals surface area contributed by atoms with E-state index in [9.17, 15) is 14.4 Å². The van der Waals surface area contributed by atoms with E-state index in [4.69, 9.17) is 4.74 Å². The lowest BCUT2D eigenvalue weighted by molar-refractivity contribution is -0.154. The van der Waals surface area contributed by atoms with Gasteiger partial charge in [0.2, 0.25) is 11.8 Å². The van der Waals surface area contributed by atoms with Crippen LogP contribution in [0.5, 0.6) is 0 Å². The number of fused-ring (bicyclic) bond motifs is 1. The maximum atomic E-state index is 12.9. The molecule has 2 aromatic carbocycles. The van der Waals surface area contributed by atoms with Crippen molar-refractivity contribution in [1.29, 1.82) is 0 Å². The Morgan fingerprint density at radius 3 is 2.53 bits per heavy atom. The Balaban J connectivity index is 1.35. The normalized spacial score (nSPS) is 21.2.